The largest absolute Gasteiger partial charge is 1.00 e. The number of amides is 1. The van der Waals surface area contributed by atoms with E-state index in [2.05, 4.69) is 83.6 Å². The van der Waals surface area contributed by atoms with Gasteiger partial charge in [-0.3, -0.25) is 19.2 Å². The number of esters is 2. The Hall–Kier alpha value is -12.1. The fraction of sp³-hybridized carbons (Fsp3) is 0.207. The van der Waals surface area contributed by atoms with Crippen molar-refractivity contribution in [2.24, 2.45) is 0 Å². The zero-order valence-electron chi connectivity index (χ0n) is 67.2. The summed E-state index contributed by atoms with van der Waals surface area (Å²) in [4.78, 5) is 73.1. The third-order valence-corrected chi connectivity index (χ3v) is 14.5. The van der Waals surface area contributed by atoms with Crippen LogP contribution in [0.5, 0.6) is 63.8 Å². The van der Waals surface area contributed by atoms with Crippen molar-refractivity contribution in [3.63, 3.8) is 0 Å². The molecule has 9 aromatic rings. The second kappa shape index (κ2) is 63.1. The van der Waals surface area contributed by atoms with Crippen LogP contribution in [0.15, 0.2) is 197 Å². The van der Waals surface area contributed by atoms with E-state index in [1.807, 2.05) is 121 Å². The Labute approximate surface area is 734 Å². The molecule has 8 aromatic carbocycles. The van der Waals surface area contributed by atoms with Crippen LogP contribution in [0.1, 0.15) is 48.3 Å². The zero-order valence-corrected chi connectivity index (χ0v) is 72.7. The molecular weight excluding hydrogens is 1770 g/mol. The normalized spacial score (nSPS) is 9.42. The Morgan fingerprint density at radius 1 is 0.449 bits per heavy atom. The monoisotopic (exact) mass is 1870 g/mol. The van der Waals surface area contributed by atoms with E-state index in [-0.39, 0.29) is 81.9 Å². The molecule has 0 spiro atoms. The number of benzene rings is 8. The fourth-order valence-corrected chi connectivity index (χ4v) is 8.80. The molecule has 9 N–H and O–H groups in total. The molecule has 31 nitrogen and oxygen atoms in total. The fourth-order valence-electron chi connectivity index (χ4n) is 8.13. The van der Waals surface area contributed by atoms with E-state index in [9.17, 15) is 24.3 Å². The second-order valence-electron chi connectivity index (χ2n) is 21.3. The molecule has 0 aliphatic rings. The summed E-state index contributed by atoms with van der Waals surface area (Å²) >= 11 is 12.1. The van der Waals surface area contributed by atoms with Gasteiger partial charge in [-0.1, -0.05) is 107 Å². The Bertz CT molecular complexity index is 4480. The number of anilines is 7. The molecule has 1 aromatic heterocycles. The number of aldehydes is 1. The number of aromatic nitrogens is 3. The maximum absolute atomic E-state index is 12.1. The van der Waals surface area contributed by atoms with Crippen molar-refractivity contribution in [2.45, 2.75) is 21.3 Å². The summed E-state index contributed by atoms with van der Waals surface area (Å²) < 4.78 is 71.8. The van der Waals surface area contributed by atoms with Gasteiger partial charge in [-0.25, -0.2) is 9.59 Å². The second-order valence-corrected chi connectivity index (χ2v) is 23.5. The number of nitrogens with zero attached hydrogens (tertiary/aromatic N) is 3. The first-order valence-electron chi connectivity index (χ1n) is 32.9. The van der Waals surface area contributed by atoms with E-state index in [1.54, 1.807) is 119 Å². The summed E-state index contributed by atoms with van der Waals surface area (Å²) in [6.07, 6.45) is 10.2. The predicted octanol–water partition coefficient (Wildman–Crippen LogP) is 12.3. The summed E-state index contributed by atoms with van der Waals surface area (Å²) in [6.45, 7) is 5.06. The number of aliphatic carboxylic acids is 2. The van der Waals surface area contributed by atoms with E-state index >= 15 is 0 Å². The Morgan fingerprint density at radius 2 is 0.746 bits per heavy atom. The van der Waals surface area contributed by atoms with Crippen molar-refractivity contribution in [2.75, 3.05) is 127 Å². The molecule has 36 heteroatoms. The van der Waals surface area contributed by atoms with Crippen LogP contribution in [0.3, 0.4) is 0 Å². The Kier molecular flexibility index (Phi) is 58.9. The van der Waals surface area contributed by atoms with Gasteiger partial charge >= 0.3 is 42.8 Å². The average Bonchev–Trinajstić information content (AvgIpc) is 0.837. The van der Waals surface area contributed by atoms with Crippen LogP contribution in [0.2, 0.25) is 5.28 Å². The van der Waals surface area contributed by atoms with Crippen LogP contribution in [-0.4, -0.2) is 161 Å². The maximum atomic E-state index is 12.1. The van der Waals surface area contributed by atoms with Gasteiger partial charge in [0.05, 0.1) is 104 Å². The molecule has 0 saturated carbocycles. The van der Waals surface area contributed by atoms with E-state index in [0.717, 1.165) is 68.5 Å². The van der Waals surface area contributed by atoms with E-state index in [0.29, 0.717) is 74.4 Å². The van der Waals surface area contributed by atoms with Gasteiger partial charge in [0.2, 0.25) is 28.4 Å². The summed E-state index contributed by atoms with van der Waals surface area (Å²) in [5.41, 5.74) is 19.9. The minimum Gasteiger partial charge on any atom is -0.617 e. The number of carboxylic acids is 2. The number of rotatable bonds is 24. The van der Waals surface area contributed by atoms with Crippen molar-refractivity contribution < 1.29 is 150 Å². The number of nitrogens with two attached hydrogens (primary N) is 2. The van der Waals surface area contributed by atoms with Crippen molar-refractivity contribution in [1.29, 1.82) is 0 Å². The quantitative estimate of drug-likeness (QED) is 0.00737. The number of nitrogens with one attached hydrogen (secondary N) is 3. The number of carboxylic acid groups (broad SMARTS) is 2. The van der Waals surface area contributed by atoms with Gasteiger partial charge in [-0.2, -0.15) is 9.97 Å². The zero-order chi connectivity index (χ0) is 86.4. The number of methoxy groups -OCH3 is 14. The van der Waals surface area contributed by atoms with Crippen LogP contribution < -0.4 is 103 Å². The topological polar surface area (TPSA) is 422 Å². The molecule has 0 radical (unpaired) electrons. The van der Waals surface area contributed by atoms with Gasteiger partial charge < -0.3 is 109 Å². The number of hydrogen-bond acceptors (Lipinski definition) is 28. The molecule has 9 rings (SSSR count). The van der Waals surface area contributed by atoms with Crippen molar-refractivity contribution in [1.82, 2.24) is 15.0 Å². The molecule has 0 saturated heterocycles. The summed E-state index contributed by atoms with van der Waals surface area (Å²) in [6, 6.07) is 48.1. The van der Waals surface area contributed by atoms with Crippen molar-refractivity contribution in [3.8, 4) is 63.8 Å². The summed E-state index contributed by atoms with van der Waals surface area (Å²) in [5, 5.41) is 33.7. The Morgan fingerprint density at radius 3 is 1.03 bits per heavy atom. The van der Waals surface area contributed by atoms with Crippen LogP contribution in [0, 0.1) is 0 Å². The minimum atomic E-state index is -0.833. The number of para-hydroxylation sites is 2. The predicted molar refractivity (Wildman–Crippen MR) is 454 cm³/mol. The number of nitrogen functional groups attached to an aromatic ring is 2. The molecule has 0 bridgehead atoms. The molecule has 1 amide bonds. The molecule has 118 heavy (non-hydrogen) atoms. The molecular formula is C82H96Br2ClLiN8O23Pd. The first-order chi connectivity index (χ1) is 54.9. The standard InChI is InChI=1S/C24H25N3O4.C19H21NO5.C10H9BrO2.C9H13NO3.C7H5BrO.C5H6ClN3O2.C3H6O2.2C2H4O2.CH4.Li.Pd/c1-29-21-14-18(15-22(30-2)24(21)31-3)26-17-11-8-16(9-12-17)10-13-23(28)27-20-7-5-4-6-19(20)25;1-22-16-11-15(12-17(23-2)19(16)25-4)20-14-8-5-13(6-9-14)7-10-18(21)24-3;1-13-10(12)7-4-8-2-5-9(11)6-3-8;1-11-7-4-6(10)5-8(12-2)9(7)13-3;8-7-3-1-6(5-9)2-4-7;1-10-4-7-3(6)8-5(9-4)11-2;1-3(4)5-2;2*1-2(3)4;;;/h4-15,26H,25H2,1-3H3,(H,27,28);5-12,20H,1-4H3;2-7H,1H3;4-5H,10H2,1-3H3;1-5H;1-2H3;4H,1H2,2H3;2*1H3,(H,3,4);1H4;;/q;;;;;;;;;;+1;/p-1/b13-10+;10-7+;7-4+;;;;;;;;;. The van der Waals surface area contributed by atoms with Crippen molar-refractivity contribution >= 4 is 138 Å². The van der Waals surface area contributed by atoms with Crippen molar-refractivity contribution in [3.05, 3.63) is 225 Å². The number of carbonyl (C=O) groups excluding carboxylic acids is 4. The van der Waals surface area contributed by atoms with Gasteiger partial charge in [0.1, 0.15) is 6.29 Å². The van der Waals surface area contributed by atoms with Crippen LogP contribution in [0.25, 0.3) is 18.2 Å². The number of carbonyl (C=O) groups is 6. The molecule has 0 aliphatic carbocycles. The number of halogens is 3. The average molecular weight is 1870 g/mol. The van der Waals surface area contributed by atoms with Crippen LogP contribution in [-0.2, 0) is 58.6 Å². The molecule has 0 aliphatic heterocycles. The smallest absolute Gasteiger partial charge is 0.617 e. The summed E-state index contributed by atoms with van der Waals surface area (Å²) in [7, 11) is 20.9. The Balaban J connectivity index is -0.00000136. The van der Waals surface area contributed by atoms with Gasteiger partial charge in [0, 0.05) is 138 Å². The maximum Gasteiger partial charge on any atom is 1.00 e. The van der Waals surface area contributed by atoms with E-state index < -0.39 is 17.9 Å². The van der Waals surface area contributed by atoms with E-state index in [4.69, 9.17) is 95.0 Å². The third kappa shape index (κ3) is 45.2. The van der Waals surface area contributed by atoms with Gasteiger partial charge in [0.25, 0.3) is 11.9 Å². The first-order valence-corrected chi connectivity index (χ1v) is 34.9. The molecule has 0 unspecified atom stereocenters. The SMILES string of the molecule is C.C=C([O-])OC.CC(=O)O.CC(=O)O.COC(=O)/C=C/c1ccc(Br)cc1.COC(=O)/C=C/c1ccc(Nc2cc(OC)c(OC)c(OC)c2)cc1.COc1cc(N)cc(OC)c1OC.COc1cc(Nc2ccc(/C=C/C(=O)Nc3ccccc3N)cc2)cc(OC)c1OC.COc1nc(Cl)nc(OC)n1.O=Cc1ccc(Br)cc1.[Li+].[Pd]. The summed E-state index contributed by atoms with van der Waals surface area (Å²) in [5.74, 6) is 1.89. The van der Waals surface area contributed by atoms with Gasteiger partial charge in [-0.15, -0.1) is 4.98 Å². The number of ether oxygens (including phenoxy) is 14. The third-order valence-electron chi connectivity index (χ3n) is 13.3. The van der Waals surface area contributed by atoms with Crippen LogP contribution >= 0.6 is 43.5 Å². The molecule has 0 atom stereocenters. The van der Waals surface area contributed by atoms with E-state index in [1.165, 1.54) is 53.8 Å². The first kappa shape index (κ1) is 110. The molecule has 634 valence electrons. The number of hydrogen-bond donors (Lipinski definition) is 7. The minimum absolute atomic E-state index is 0. The molecule has 0 fully saturated rings. The molecule has 1 heterocycles. The van der Waals surface area contributed by atoms with Gasteiger partial charge in [0.15, 0.2) is 34.5 Å². The van der Waals surface area contributed by atoms with Gasteiger partial charge in [-0.05, 0) is 114 Å². The van der Waals surface area contributed by atoms with Crippen LogP contribution in [0.4, 0.5) is 39.8 Å².